The molecule has 3 nitrogen and oxygen atoms in total. The van der Waals surface area contributed by atoms with Crippen molar-refractivity contribution in [3.05, 3.63) is 16.4 Å². The van der Waals surface area contributed by atoms with Crippen LogP contribution in [0.2, 0.25) is 0 Å². The number of ether oxygens (including phenoxy) is 1. The SMILES string of the molecule is FC(F)Cn1cc(Br)c(COCC(F)(F)F)n1. The molecule has 9 heteroatoms. The summed E-state index contributed by atoms with van der Waals surface area (Å²) in [6.07, 6.45) is -5.73. The molecule has 0 amide bonds. The lowest BCUT2D eigenvalue weighted by atomic mass is 10.5. The topological polar surface area (TPSA) is 27.1 Å². The van der Waals surface area contributed by atoms with E-state index in [9.17, 15) is 22.0 Å². The highest BCUT2D eigenvalue weighted by Gasteiger charge is 2.27. The number of aromatic nitrogens is 2. The van der Waals surface area contributed by atoms with Crippen molar-refractivity contribution in [3.8, 4) is 0 Å². The molecule has 0 radical (unpaired) electrons. The summed E-state index contributed by atoms with van der Waals surface area (Å²) < 4.78 is 65.0. The number of nitrogens with zero attached hydrogens (tertiary/aromatic N) is 2. The van der Waals surface area contributed by atoms with Crippen LogP contribution in [0.15, 0.2) is 10.7 Å². The molecular formula is C8H8BrF5N2O. The summed E-state index contributed by atoms with van der Waals surface area (Å²) in [5, 5.41) is 3.67. The Balaban J connectivity index is 2.51. The van der Waals surface area contributed by atoms with Crippen LogP contribution in [0.25, 0.3) is 0 Å². The fraction of sp³-hybridized carbons (Fsp3) is 0.625. The molecule has 0 bridgehead atoms. The molecule has 0 unspecified atom stereocenters. The zero-order chi connectivity index (χ0) is 13.1. The number of halogens is 6. The minimum atomic E-state index is -4.42. The number of rotatable bonds is 5. The molecule has 0 atom stereocenters. The molecule has 17 heavy (non-hydrogen) atoms. The Morgan fingerprint density at radius 1 is 1.41 bits per heavy atom. The Hall–Kier alpha value is -0.700. The van der Waals surface area contributed by atoms with Gasteiger partial charge >= 0.3 is 6.18 Å². The van der Waals surface area contributed by atoms with Crippen molar-refractivity contribution in [2.24, 2.45) is 0 Å². The van der Waals surface area contributed by atoms with E-state index in [1.165, 1.54) is 6.20 Å². The van der Waals surface area contributed by atoms with Crippen molar-refractivity contribution >= 4 is 15.9 Å². The molecule has 0 saturated carbocycles. The Kier molecular flexibility index (Phi) is 4.87. The average molecular weight is 323 g/mol. The summed E-state index contributed by atoms with van der Waals surface area (Å²) in [5.41, 5.74) is 0.148. The maximum atomic E-state index is 12.0. The van der Waals surface area contributed by atoms with E-state index in [4.69, 9.17) is 0 Å². The lowest BCUT2D eigenvalue weighted by molar-refractivity contribution is -0.176. The first-order valence-electron chi connectivity index (χ1n) is 4.42. The lowest BCUT2D eigenvalue weighted by Crippen LogP contribution is -2.17. The standard InChI is InChI=1S/C8H8BrF5N2O/c9-5-1-16(2-7(10)11)15-6(5)3-17-4-8(12,13)14/h1,7H,2-4H2. The third-order valence-corrected chi connectivity index (χ3v) is 2.28. The first kappa shape index (κ1) is 14.4. The highest BCUT2D eigenvalue weighted by Crippen LogP contribution is 2.19. The van der Waals surface area contributed by atoms with Gasteiger partial charge in [-0.3, -0.25) is 4.68 Å². The molecule has 0 aliphatic heterocycles. The van der Waals surface area contributed by atoms with Gasteiger partial charge in [0.2, 0.25) is 0 Å². The molecular weight excluding hydrogens is 315 g/mol. The van der Waals surface area contributed by atoms with Gasteiger partial charge in [-0.05, 0) is 15.9 Å². The monoisotopic (exact) mass is 322 g/mol. The molecule has 1 aromatic heterocycles. The summed E-state index contributed by atoms with van der Waals surface area (Å²) in [7, 11) is 0. The molecule has 0 fully saturated rings. The van der Waals surface area contributed by atoms with Gasteiger partial charge in [-0.2, -0.15) is 18.3 Å². The van der Waals surface area contributed by atoms with Crippen LogP contribution >= 0.6 is 15.9 Å². The van der Waals surface area contributed by atoms with Crippen molar-refractivity contribution in [2.45, 2.75) is 25.8 Å². The molecule has 0 aromatic carbocycles. The van der Waals surface area contributed by atoms with Gasteiger partial charge in [0.05, 0.1) is 11.1 Å². The molecule has 1 rings (SSSR count). The average Bonchev–Trinajstić information content (AvgIpc) is 2.43. The first-order chi connectivity index (χ1) is 7.78. The van der Waals surface area contributed by atoms with E-state index in [1.807, 2.05) is 0 Å². The van der Waals surface area contributed by atoms with Crippen LogP contribution in [0.5, 0.6) is 0 Å². The maximum absolute atomic E-state index is 12.0. The first-order valence-corrected chi connectivity index (χ1v) is 5.21. The highest BCUT2D eigenvalue weighted by molar-refractivity contribution is 9.10. The van der Waals surface area contributed by atoms with E-state index < -0.39 is 32.4 Å². The molecule has 98 valence electrons. The van der Waals surface area contributed by atoms with Gasteiger partial charge in [0.25, 0.3) is 6.43 Å². The largest absolute Gasteiger partial charge is 0.411 e. The molecule has 1 heterocycles. The molecule has 0 N–H and O–H groups in total. The summed E-state index contributed by atoms with van der Waals surface area (Å²) >= 11 is 3.00. The lowest BCUT2D eigenvalue weighted by Gasteiger charge is -2.06. The quantitative estimate of drug-likeness (QED) is 0.779. The minimum absolute atomic E-state index is 0.148. The van der Waals surface area contributed by atoms with Crippen molar-refractivity contribution < 1.29 is 26.7 Å². The fourth-order valence-electron chi connectivity index (χ4n) is 1.03. The van der Waals surface area contributed by atoms with Gasteiger partial charge in [0.1, 0.15) is 18.8 Å². The van der Waals surface area contributed by atoms with Crippen LogP contribution in [0, 0.1) is 0 Å². The second-order valence-corrected chi connectivity index (χ2v) is 4.00. The van der Waals surface area contributed by atoms with Crippen molar-refractivity contribution in [1.29, 1.82) is 0 Å². The van der Waals surface area contributed by atoms with Crippen LogP contribution in [0.3, 0.4) is 0 Å². The van der Waals surface area contributed by atoms with E-state index in [1.54, 1.807) is 0 Å². The molecule has 0 aliphatic carbocycles. The van der Waals surface area contributed by atoms with Crippen LogP contribution in [-0.4, -0.2) is 29.0 Å². The van der Waals surface area contributed by atoms with Gasteiger partial charge in [0, 0.05) is 6.20 Å². The number of hydrogen-bond acceptors (Lipinski definition) is 2. The van der Waals surface area contributed by atoms with Gasteiger partial charge in [-0.25, -0.2) is 8.78 Å². The molecule has 0 saturated heterocycles. The normalized spacial score (nSPS) is 12.4. The van der Waals surface area contributed by atoms with E-state index in [-0.39, 0.29) is 5.69 Å². The van der Waals surface area contributed by atoms with E-state index in [0.717, 1.165) is 4.68 Å². The maximum Gasteiger partial charge on any atom is 0.411 e. The number of hydrogen-bond donors (Lipinski definition) is 0. The molecule has 0 aliphatic rings. The zero-order valence-electron chi connectivity index (χ0n) is 8.35. The Morgan fingerprint density at radius 3 is 2.59 bits per heavy atom. The predicted octanol–water partition coefficient (Wildman–Crippen LogP) is 2.99. The summed E-state index contributed by atoms with van der Waals surface area (Å²) in [5.74, 6) is 0. The summed E-state index contributed by atoms with van der Waals surface area (Å²) in [4.78, 5) is 0. The second kappa shape index (κ2) is 5.76. The Labute approximate surface area is 102 Å². The van der Waals surface area contributed by atoms with E-state index >= 15 is 0 Å². The second-order valence-electron chi connectivity index (χ2n) is 3.14. The smallest absolute Gasteiger partial charge is 0.366 e. The predicted molar refractivity (Wildman–Crippen MR) is 51.6 cm³/mol. The summed E-state index contributed by atoms with van der Waals surface area (Å²) in [6, 6.07) is 0. The third kappa shape index (κ3) is 5.44. The van der Waals surface area contributed by atoms with Crippen molar-refractivity contribution in [3.63, 3.8) is 0 Å². The highest BCUT2D eigenvalue weighted by atomic mass is 79.9. The van der Waals surface area contributed by atoms with Gasteiger partial charge < -0.3 is 4.74 Å². The fourth-order valence-corrected chi connectivity index (χ4v) is 1.46. The van der Waals surface area contributed by atoms with Crippen LogP contribution in [0.1, 0.15) is 5.69 Å². The molecule has 1 aromatic rings. The van der Waals surface area contributed by atoms with Gasteiger partial charge in [0.15, 0.2) is 0 Å². The van der Waals surface area contributed by atoms with Crippen LogP contribution in [0.4, 0.5) is 22.0 Å². The Bertz CT molecular complexity index is 365. The van der Waals surface area contributed by atoms with E-state index in [0.29, 0.717) is 4.47 Å². The van der Waals surface area contributed by atoms with Crippen molar-refractivity contribution in [1.82, 2.24) is 9.78 Å². The van der Waals surface area contributed by atoms with Crippen LogP contribution < -0.4 is 0 Å². The number of alkyl halides is 5. The summed E-state index contributed by atoms with van der Waals surface area (Å²) in [6.45, 7) is -2.41. The molecule has 0 spiro atoms. The van der Waals surface area contributed by atoms with Gasteiger partial charge in [-0.1, -0.05) is 0 Å². The van der Waals surface area contributed by atoms with Gasteiger partial charge in [-0.15, -0.1) is 0 Å². The minimum Gasteiger partial charge on any atom is -0.366 e. The zero-order valence-corrected chi connectivity index (χ0v) is 9.93. The third-order valence-electron chi connectivity index (χ3n) is 1.62. The van der Waals surface area contributed by atoms with E-state index in [2.05, 4.69) is 25.8 Å². The van der Waals surface area contributed by atoms with Crippen LogP contribution in [-0.2, 0) is 17.9 Å². The Morgan fingerprint density at radius 2 is 2.06 bits per heavy atom. The van der Waals surface area contributed by atoms with Crippen molar-refractivity contribution in [2.75, 3.05) is 6.61 Å².